The maximum Gasteiger partial charge on any atom is 0.254 e. The molecule has 7 nitrogen and oxygen atoms in total. The van der Waals surface area contributed by atoms with Gasteiger partial charge in [-0.3, -0.25) is 14.5 Å². The number of carbonyl (C=O) groups is 2. The topological polar surface area (TPSA) is 79.3 Å². The van der Waals surface area contributed by atoms with Gasteiger partial charge in [-0.05, 0) is 49.2 Å². The average Bonchev–Trinajstić information content (AvgIpc) is 3.05. The van der Waals surface area contributed by atoms with E-state index in [0.717, 1.165) is 25.7 Å². The number of carbonyl (C=O) groups excluding carboxylic acids is 2. The molecular formula is C37H55ClN2O5. The van der Waals surface area contributed by atoms with Crippen molar-refractivity contribution in [2.75, 3.05) is 45.9 Å². The number of halogens is 1. The summed E-state index contributed by atoms with van der Waals surface area (Å²) in [5.41, 5.74) is 1.08. The minimum atomic E-state index is -0.125. The average molecular weight is 643 g/mol. The minimum absolute atomic E-state index is 0.0375. The Morgan fingerprint density at radius 1 is 0.689 bits per heavy atom. The number of aromatic hydroxyl groups is 1. The molecule has 1 N–H and O–H groups in total. The summed E-state index contributed by atoms with van der Waals surface area (Å²) in [5, 5.41) is 11.6. The minimum Gasteiger partial charge on any atom is -0.502 e. The predicted octanol–water partition coefficient (Wildman–Crippen LogP) is 8.95. The molecule has 0 saturated carbocycles. The van der Waals surface area contributed by atoms with Gasteiger partial charge in [0.2, 0.25) is 5.75 Å². The first-order valence-corrected chi connectivity index (χ1v) is 17.7. The zero-order chi connectivity index (χ0) is 32.3. The Balaban J connectivity index is 1.57. The van der Waals surface area contributed by atoms with E-state index in [4.69, 9.17) is 21.1 Å². The molecule has 0 radical (unpaired) electrons. The van der Waals surface area contributed by atoms with Crippen molar-refractivity contribution in [3.63, 3.8) is 0 Å². The summed E-state index contributed by atoms with van der Waals surface area (Å²) in [5.74, 6) is 0.473. The smallest absolute Gasteiger partial charge is 0.254 e. The Labute approximate surface area is 276 Å². The Kier molecular flexibility index (Phi) is 17.2. The van der Waals surface area contributed by atoms with E-state index in [9.17, 15) is 14.7 Å². The van der Waals surface area contributed by atoms with Gasteiger partial charge >= 0.3 is 0 Å². The molecule has 2 aromatic carbocycles. The van der Waals surface area contributed by atoms with Gasteiger partial charge in [0, 0.05) is 42.3 Å². The van der Waals surface area contributed by atoms with Crippen molar-refractivity contribution >= 4 is 23.3 Å². The molecule has 0 bridgehead atoms. The summed E-state index contributed by atoms with van der Waals surface area (Å²) in [6, 6.07) is 10.2. The lowest BCUT2D eigenvalue weighted by Crippen LogP contribution is -2.49. The van der Waals surface area contributed by atoms with E-state index in [-0.39, 0.29) is 17.4 Å². The van der Waals surface area contributed by atoms with Crippen LogP contribution in [0.5, 0.6) is 17.2 Å². The lowest BCUT2D eigenvalue weighted by Gasteiger charge is -2.34. The van der Waals surface area contributed by atoms with Crippen LogP contribution in [-0.2, 0) is 0 Å². The molecule has 1 saturated heterocycles. The van der Waals surface area contributed by atoms with E-state index < -0.39 is 0 Å². The van der Waals surface area contributed by atoms with Crippen LogP contribution in [0, 0.1) is 0 Å². The van der Waals surface area contributed by atoms with Gasteiger partial charge in [-0.15, -0.1) is 0 Å². The molecule has 0 unspecified atom stereocenters. The van der Waals surface area contributed by atoms with Crippen LogP contribution in [0.2, 0.25) is 5.02 Å². The number of rotatable bonds is 22. The van der Waals surface area contributed by atoms with Crippen molar-refractivity contribution in [3.05, 3.63) is 52.5 Å². The second-order valence-corrected chi connectivity index (χ2v) is 12.7. The van der Waals surface area contributed by atoms with Crippen molar-refractivity contribution in [1.29, 1.82) is 0 Å². The highest BCUT2D eigenvalue weighted by Crippen LogP contribution is 2.38. The summed E-state index contributed by atoms with van der Waals surface area (Å²) in [6.07, 6.45) is 16.4. The van der Waals surface area contributed by atoms with Crippen LogP contribution in [0.15, 0.2) is 36.4 Å². The van der Waals surface area contributed by atoms with Gasteiger partial charge in [-0.2, -0.15) is 0 Å². The van der Waals surface area contributed by atoms with Crippen LogP contribution in [0.25, 0.3) is 0 Å². The van der Waals surface area contributed by atoms with E-state index in [0.29, 0.717) is 73.6 Å². The number of phenols is 1. The number of hydrogen-bond donors (Lipinski definition) is 1. The number of benzene rings is 2. The third kappa shape index (κ3) is 13.2. The number of piperazine rings is 1. The monoisotopic (exact) mass is 642 g/mol. The van der Waals surface area contributed by atoms with E-state index in [2.05, 4.69) is 18.7 Å². The molecular weight excluding hydrogens is 588 g/mol. The van der Waals surface area contributed by atoms with Crippen LogP contribution in [0.3, 0.4) is 0 Å². The van der Waals surface area contributed by atoms with Crippen molar-refractivity contribution < 1.29 is 24.2 Å². The van der Waals surface area contributed by atoms with Crippen LogP contribution in [0.4, 0.5) is 0 Å². The fourth-order valence-corrected chi connectivity index (χ4v) is 5.76. The first-order valence-electron chi connectivity index (χ1n) is 17.4. The molecule has 0 aromatic heterocycles. The van der Waals surface area contributed by atoms with Crippen molar-refractivity contribution in [1.82, 2.24) is 9.80 Å². The largest absolute Gasteiger partial charge is 0.502 e. The molecule has 1 fully saturated rings. The number of hydrogen-bond acceptors (Lipinski definition) is 6. The maximum atomic E-state index is 13.6. The van der Waals surface area contributed by atoms with E-state index in [1.165, 1.54) is 64.2 Å². The van der Waals surface area contributed by atoms with Crippen LogP contribution < -0.4 is 9.47 Å². The third-order valence-corrected chi connectivity index (χ3v) is 8.74. The number of phenolic OH excluding ortho intramolecular Hbond substituents is 1. The van der Waals surface area contributed by atoms with E-state index in [1.807, 2.05) is 0 Å². The summed E-state index contributed by atoms with van der Waals surface area (Å²) in [6.45, 7) is 7.93. The van der Waals surface area contributed by atoms with E-state index >= 15 is 0 Å². The molecule has 1 amide bonds. The molecule has 0 spiro atoms. The van der Waals surface area contributed by atoms with Gasteiger partial charge in [0.15, 0.2) is 17.3 Å². The summed E-state index contributed by atoms with van der Waals surface area (Å²) in [7, 11) is 0. The molecule has 0 atom stereocenters. The van der Waals surface area contributed by atoms with Crippen LogP contribution >= 0.6 is 11.6 Å². The molecule has 2 aromatic rings. The molecule has 0 aliphatic carbocycles. The molecule has 8 heteroatoms. The van der Waals surface area contributed by atoms with Gasteiger partial charge in [-0.1, -0.05) is 102 Å². The van der Waals surface area contributed by atoms with Crippen LogP contribution in [0.1, 0.15) is 124 Å². The second kappa shape index (κ2) is 21.1. The maximum absolute atomic E-state index is 13.6. The SMILES string of the molecule is CCCCCCCCCOc1cc(C(=O)N2CCN(CC(=O)c3ccc(Cl)cc3)CC2)cc(OCCCCCCCCC)c1O. The van der Waals surface area contributed by atoms with Gasteiger partial charge < -0.3 is 19.5 Å². The second-order valence-electron chi connectivity index (χ2n) is 12.3. The highest BCUT2D eigenvalue weighted by atomic mass is 35.5. The summed E-state index contributed by atoms with van der Waals surface area (Å²) < 4.78 is 12.0. The highest BCUT2D eigenvalue weighted by Gasteiger charge is 2.26. The molecule has 45 heavy (non-hydrogen) atoms. The van der Waals surface area contributed by atoms with Gasteiger partial charge in [0.25, 0.3) is 5.91 Å². The quantitative estimate of drug-likeness (QED) is 0.102. The van der Waals surface area contributed by atoms with Crippen molar-refractivity contribution in [3.8, 4) is 17.2 Å². The lowest BCUT2D eigenvalue weighted by molar-refractivity contribution is 0.0623. The highest BCUT2D eigenvalue weighted by molar-refractivity contribution is 6.30. The van der Waals surface area contributed by atoms with E-state index in [1.54, 1.807) is 41.3 Å². The normalized spacial score (nSPS) is 13.6. The first-order chi connectivity index (χ1) is 21.9. The van der Waals surface area contributed by atoms with Gasteiger partial charge in [0.05, 0.1) is 19.8 Å². The standard InChI is InChI=1S/C37H55ClN2O5/c1-3-5-7-9-11-13-15-25-44-34-27-31(28-35(36(34)42)45-26-16-14-12-10-8-6-4-2)37(43)40-23-21-39(22-24-40)29-33(41)30-17-19-32(38)20-18-30/h17-20,27-28,42H,3-16,21-26,29H2,1-2H3. The Hall–Kier alpha value is -2.77. The Bertz CT molecular complexity index is 1110. The molecule has 3 rings (SSSR count). The fourth-order valence-electron chi connectivity index (χ4n) is 5.63. The molecule has 1 aliphatic heterocycles. The number of ketones is 1. The van der Waals surface area contributed by atoms with Crippen LogP contribution in [-0.4, -0.2) is 72.5 Å². The molecule has 1 aliphatic rings. The number of amides is 1. The fraction of sp³-hybridized carbons (Fsp3) is 0.622. The first kappa shape index (κ1) is 36.7. The molecule has 250 valence electrons. The number of Topliss-reactive ketones (excluding diaryl/α,β-unsaturated/α-hetero) is 1. The number of unbranched alkanes of at least 4 members (excludes halogenated alkanes) is 12. The predicted molar refractivity (Wildman–Crippen MR) is 183 cm³/mol. The van der Waals surface area contributed by atoms with Crippen molar-refractivity contribution in [2.45, 2.75) is 104 Å². The number of ether oxygens (including phenoxy) is 2. The lowest BCUT2D eigenvalue weighted by atomic mass is 10.1. The Morgan fingerprint density at radius 2 is 1.16 bits per heavy atom. The van der Waals surface area contributed by atoms with Gasteiger partial charge in [0.1, 0.15) is 0 Å². The zero-order valence-corrected chi connectivity index (χ0v) is 28.4. The Morgan fingerprint density at radius 3 is 1.64 bits per heavy atom. The summed E-state index contributed by atoms with van der Waals surface area (Å²) in [4.78, 5) is 30.2. The van der Waals surface area contributed by atoms with Crippen molar-refractivity contribution in [2.24, 2.45) is 0 Å². The van der Waals surface area contributed by atoms with Gasteiger partial charge in [-0.25, -0.2) is 0 Å². The zero-order valence-electron chi connectivity index (χ0n) is 27.7. The summed E-state index contributed by atoms with van der Waals surface area (Å²) >= 11 is 5.96. The number of nitrogens with zero attached hydrogens (tertiary/aromatic N) is 2. The molecule has 1 heterocycles. The third-order valence-electron chi connectivity index (χ3n) is 8.49.